The van der Waals surface area contributed by atoms with Crippen LogP contribution in [-0.2, 0) is 6.54 Å². The number of nitrogens with zero attached hydrogens (tertiary/aromatic N) is 1. The summed E-state index contributed by atoms with van der Waals surface area (Å²) in [4.78, 5) is 2.50. The second-order valence-electron chi connectivity index (χ2n) is 6.82. The van der Waals surface area contributed by atoms with Crippen LogP contribution < -0.4 is 5.73 Å². The van der Waals surface area contributed by atoms with Gasteiger partial charge in [-0.15, -0.1) is 0 Å². The number of anilines is 1. The summed E-state index contributed by atoms with van der Waals surface area (Å²) in [5.41, 5.74) is 9.37. The van der Waals surface area contributed by atoms with Crippen LogP contribution in [0.4, 0.5) is 5.69 Å². The van der Waals surface area contributed by atoms with Crippen molar-refractivity contribution < 1.29 is 0 Å². The van der Waals surface area contributed by atoms with E-state index in [1.54, 1.807) is 0 Å². The Balaban J connectivity index is 1.56. The molecule has 2 heteroatoms. The van der Waals surface area contributed by atoms with Crippen molar-refractivity contribution in [2.24, 2.45) is 17.8 Å². The molecule has 2 saturated carbocycles. The summed E-state index contributed by atoms with van der Waals surface area (Å²) in [6, 6.07) is 6.43. The van der Waals surface area contributed by atoms with Gasteiger partial charge >= 0.3 is 0 Å². The number of rotatable bonds is 4. The van der Waals surface area contributed by atoms with Crippen LogP contribution in [0, 0.1) is 24.7 Å². The Morgan fingerprint density at radius 3 is 2.74 bits per heavy atom. The van der Waals surface area contributed by atoms with Crippen molar-refractivity contribution in [3.8, 4) is 0 Å². The number of hydrogen-bond acceptors (Lipinski definition) is 2. The monoisotopic (exact) mass is 258 g/mol. The molecule has 0 radical (unpaired) electrons. The minimum Gasteiger partial charge on any atom is -0.399 e. The van der Waals surface area contributed by atoms with Crippen LogP contribution in [-0.4, -0.2) is 18.5 Å². The molecule has 0 aromatic heterocycles. The fourth-order valence-corrected chi connectivity index (χ4v) is 4.21. The summed E-state index contributed by atoms with van der Waals surface area (Å²) in [5.74, 6) is 3.04. The maximum atomic E-state index is 5.88. The van der Waals surface area contributed by atoms with Gasteiger partial charge in [-0.25, -0.2) is 0 Å². The van der Waals surface area contributed by atoms with Crippen LogP contribution in [0.2, 0.25) is 0 Å². The maximum Gasteiger partial charge on any atom is 0.0343 e. The summed E-state index contributed by atoms with van der Waals surface area (Å²) >= 11 is 0. The molecule has 2 N–H and O–H groups in total. The molecule has 19 heavy (non-hydrogen) atoms. The van der Waals surface area contributed by atoms with Gasteiger partial charge in [-0.05, 0) is 68.2 Å². The molecule has 2 aliphatic rings. The molecule has 2 bridgehead atoms. The highest BCUT2D eigenvalue weighted by molar-refractivity contribution is 5.47. The van der Waals surface area contributed by atoms with E-state index in [-0.39, 0.29) is 0 Å². The standard InChI is InChI=1S/C17H26N2/c1-12-7-14(4-6-17(12)18)10-19(2)11-16-9-13-3-5-15(16)8-13/h4,6-7,13,15-16H,3,5,8-11,18H2,1-2H3. The largest absolute Gasteiger partial charge is 0.399 e. The van der Waals surface area contributed by atoms with E-state index in [0.717, 1.165) is 30.0 Å². The van der Waals surface area contributed by atoms with Gasteiger partial charge in [-0.2, -0.15) is 0 Å². The van der Waals surface area contributed by atoms with E-state index in [4.69, 9.17) is 5.73 Å². The number of benzene rings is 1. The minimum atomic E-state index is 0.902. The second-order valence-corrected chi connectivity index (χ2v) is 6.82. The predicted octanol–water partition coefficient (Wildman–Crippen LogP) is 3.45. The first-order chi connectivity index (χ1) is 9.11. The minimum absolute atomic E-state index is 0.902. The third kappa shape index (κ3) is 2.79. The zero-order chi connectivity index (χ0) is 13.4. The molecule has 1 aromatic carbocycles. The zero-order valence-electron chi connectivity index (χ0n) is 12.2. The van der Waals surface area contributed by atoms with Gasteiger partial charge in [0.2, 0.25) is 0 Å². The SMILES string of the molecule is Cc1cc(CN(C)CC2CC3CCC2C3)ccc1N. The van der Waals surface area contributed by atoms with E-state index >= 15 is 0 Å². The molecule has 3 rings (SSSR count). The summed E-state index contributed by atoms with van der Waals surface area (Å²) in [6.45, 7) is 4.41. The predicted molar refractivity (Wildman–Crippen MR) is 80.9 cm³/mol. The van der Waals surface area contributed by atoms with Crippen LogP contribution in [0.5, 0.6) is 0 Å². The van der Waals surface area contributed by atoms with Gasteiger partial charge in [0.25, 0.3) is 0 Å². The van der Waals surface area contributed by atoms with E-state index in [9.17, 15) is 0 Å². The topological polar surface area (TPSA) is 29.3 Å². The fraction of sp³-hybridized carbons (Fsp3) is 0.647. The molecular formula is C17H26N2. The second kappa shape index (κ2) is 5.16. The first-order valence-corrected chi connectivity index (χ1v) is 7.65. The van der Waals surface area contributed by atoms with E-state index in [0.29, 0.717) is 0 Å². The van der Waals surface area contributed by atoms with Crippen LogP contribution >= 0.6 is 0 Å². The molecule has 3 atom stereocenters. The molecule has 0 amide bonds. The molecule has 0 heterocycles. The summed E-state index contributed by atoms with van der Waals surface area (Å²) in [6.07, 6.45) is 5.99. The number of nitrogens with two attached hydrogens (primary N) is 1. The van der Waals surface area contributed by atoms with Crippen molar-refractivity contribution in [3.05, 3.63) is 29.3 Å². The Hall–Kier alpha value is -1.02. The normalized spacial score (nSPS) is 29.3. The van der Waals surface area contributed by atoms with Gasteiger partial charge in [-0.1, -0.05) is 18.6 Å². The smallest absolute Gasteiger partial charge is 0.0343 e. The van der Waals surface area contributed by atoms with Gasteiger partial charge in [0.1, 0.15) is 0 Å². The van der Waals surface area contributed by atoms with Crippen LogP contribution in [0.1, 0.15) is 36.8 Å². The average Bonchev–Trinajstić information content (AvgIpc) is 2.96. The lowest BCUT2D eigenvalue weighted by atomic mass is 9.88. The van der Waals surface area contributed by atoms with Gasteiger partial charge in [0.15, 0.2) is 0 Å². The Labute approximate surface area is 117 Å². The molecular weight excluding hydrogens is 232 g/mol. The molecule has 2 fully saturated rings. The summed E-state index contributed by atoms with van der Waals surface area (Å²) < 4.78 is 0. The maximum absolute atomic E-state index is 5.88. The van der Waals surface area contributed by atoms with Crippen LogP contribution in [0.3, 0.4) is 0 Å². The Morgan fingerprint density at radius 1 is 1.26 bits per heavy atom. The first-order valence-electron chi connectivity index (χ1n) is 7.65. The van der Waals surface area contributed by atoms with E-state index in [1.165, 1.54) is 43.4 Å². The van der Waals surface area contributed by atoms with E-state index in [1.807, 2.05) is 6.07 Å². The van der Waals surface area contributed by atoms with E-state index in [2.05, 4.69) is 31.0 Å². The lowest BCUT2D eigenvalue weighted by Gasteiger charge is -2.27. The first kappa shape index (κ1) is 13.0. The van der Waals surface area contributed by atoms with Crippen molar-refractivity contribution in [3.63, 3.8) is 0 Å². The Kier molecular flexibility index (Phi) is 3.53. The highest BCUT2D eigenvalue weighted by Crippen LogP contribution is 2.48. The Bertz CT molecular complexity index is 455. The number of hydrogen-bond donors (Lipinski definition) is 1. The Morgan fingerprint density at radius 2 is 2.11 bits per heavy atom. The summed E-state index contributed by atoms with van der Waals surface area (Å²) in [7, 11) is 2.26. The molecule has 0 saturated heterocycles. The zero-order valence-corrected chi connectivity index (χ0v) is 12.2. The van der Waals surface area contributed by atoms with Gasteiger partial charge < -0.3 is 10.6 Å². The van der Waals surface area contributed by atoms with Gasteiger partial charge in [0, 0.05) is 18.8 Å². The average molecular weight is 258 g/mol. The van der Waals surface area contributed by atoms with E-state index < -0.39 is 0 Å². The lowest BCUT2D eigenvalue weighted by Crippen LogP contribution is -2.28. The number of nitrogen functional groups attached to an aromatic ring is 1. The van der Waals surface area contributed by atoms with Gasteiger partial charge in [0.05, 0.1) is 0 Å². The molecule has 2 nitrogen and oxygen atoms in total. The van der Waals surface area contributed by atoms with Crippen molar-refractivity contribution in [1.29, 1.82) is 0 Å². The van der Waals surface area contributed by atoms with Crippen LogP contribution in [0.25, 0.3) is 0 Å². The summed E-state index contributed by atoms with van der Waals surface area (Å²) in [5, 5.41) is 0. The number of fused-ring (bicyclic) bond motifs is 2. The highest BCUT2D eigenvalue weighted by Gasteiger charge is 2.39. The molecule has 1 aromatic rings. The number of aryl methyl sites for hydroxylation is 1. The molecule has 104 valence electrons. The highest BCUT2D eigenvalue weighted by atomic mass is 15.1. The third-order valence-corrected chi connectivity index (χ3v) is 5.22. The quantitative estimate of drug-likeness (QED) is 0.838. The van der Waals surface area contributed by atoms with Crippen LogP contribution in [0.15, 0.2) is 18.2 Å². The fourth-order valence-electron chi connectivity index (χ4n) is 4.21. The molecule has 2 aliphatic carbocycles. The molecule has 0 spiro atoms. The third-order valence-electron chi connectivity index (χ3n) is 5.22. The molecule has 3 unspecified atom stereocenters. The van der Waals surface area contributed by atoms with Crippen molar-refractivity contribution >= 4 is 5.69 Å². The van der Waals surface area contributed by atoms with Crippen molar-refractivity contribution in [2.45, 2.75) is 39.2 Å². The molecule has 0 aliphatic heterocycles. The van der Waals surface area contributed by atoms with Crippen molar-refractivity contribution in [2.75, 3.05) is 19.3 Å². The lowest BCUT2D eigenvalue weighted by molar-refractivity contribution is 0.214. The van der Waals surface area contributed by atoms with Crippen molar-refractivity contribution in [1.82, 2.24) is 4.90 Å². The van der Waals surface area contributed by atoms with Gasteiger partial charge in [-0.3, -0.25) is 0 Å².